The van der Waals surface area contributed by atoms with Crippen LogP contribution in [0.2, 0.25) is 5.02 Å². The van der Waals surface area contributed by atoms with Gasteiger partial charge in [-0.1, -0.05) is 11.6 Å². The summed E-state index contributed by atoms with van der Waals surface area (Å²) in [6, 6.07) is 1.74. The fourth-order valence-electron chi connectivity index (χ4n) is 0.903. The summed E-state index contributed by atoms with van der Waals surface area (Å²) in [6.07, 6.45) is 0. The van der Waals surface area contributed by atoms with E-state index in [9.17, 15) is 18.9 Å². The van der Waals surface area contributed by atoms with E-state index in [1.54, 1.807) is 0 Å². The van der Waals surface area contributed by atoms with Crippen LogP contribution in [0.3, 0.4) is 0 Å². The minimum Gasteiger partial charge on any atom is -0.433 e. The first-order valence-corrected chi connectivity index (χ1v) is 3.98. The molecule has 5 nitrogen and oxygen atoms in total. The second kappa shape index (κ2) is 4.26. The average molecular weight is 239 g/mol. The first kappa shape index (κ1) is 11.4. The molecular weight excluding hydrogens is 234 g/mol. The molecule has 0 aliphatic rings. The van der Waals surface area contributed by atoms with Gasteiger partial charge in [-0.25, -0.2) is 0 Å². The number of nitro benzene ring substituents is 1. The summed E-state index contributed by atoms with van der Waals surface area (Å²) in [5, 5.41) is 10.1. The molecule has 15 heavy (non-hydrogen) atoms. The molecule has 1 rings (SSSR count). The maximum Gasteiger partial charge on any atom is 0.387 e. The monoisotopic (exact) mass is 238 g/mol. The third-order valence-corrected chi connectivity index (χ3v) is 1.79. The Morgan fingerprint density at radius 1 is 1.53 bits per heavy atom. The first-order chi connectivity index (χ1) is 6.91. The van der Waals surface area contributed by atoms with Gasteiger partial charge in [-0.3, -0.25) is 10.1 Å². The quantitative estimate of drug-likeness (QED) is 0.498. The Hall–Kier alpha value is -1.63. The van der Waals surface area contributed by atoms with Crippen molar-refractivity contribution in [1.82, 2.24) is 0 Å². The van der Waals surface area contributed by atoms with Crippen LogP contribution in [0.25, 0.3) is 0 Å². The second-order valence-electron chi connectivity index (χ2n) is 2.48. The van der Waals surface area contributed by atoms with Gasteiger partial charge >= 0.3 is 6.61 Å². The Morgan fingerprint density at radius 3 is 2.60 bits per heavy atom. The maximum atomic E-state index is 11.8. The van der Waals surface area contributed by atoms with Gasteiger partial charge in [-0.05, 0) is 0 Å². The number of hydrogen-bond donors (Lipinski definition) is 1. The minimum absolute atomic E-state index is 0.292. The van der Waals surface area contributed by atoms with Crippen molar-refractivity contribution in [3.63, 3.8) is 0 Å². The summed E-state index contributed by atoms with van der Waals surface area (Å²) in [5.74, 6) is -0.394. The van der Waals surface area contributed by atoms with E-state index in [1.165, 1.54) is 0 Å². The Bertz CT molecular complexity index is 400. The molecule has 0 fully saturated rings. The third kappa shape index (κ3) is 2.66. The summed E-state index contributed by atoms with van der Waals surface area (Å²) in [5.41, 5.74) is 4.49. The number of nitrogens with zero attached hydrogens (tertiary/aromatic N) is 1. The lowest BCUT2D eigenvalue weighted by atomic mass is 10.2. The zero-order valence-corrected chi connectivity index (χ0v) is 7.87. The number of ether oxygens (including phenoxy) is 1. The third-order valence-electron chi connectivity index (χ3n) is 1.49. The number of nitro groups is 1. The number of nitrogens with two attached hydrogens (primary N) is 1. The molecule has 0 spiro atoms. The summed E-state index contributed by atoms with van der Waals surface area (Å²) < 4.78 is 27.7. The molecule has 1 aromatic carbocycles. The summed E-state index contributed by atoms with van der Waals surface area (Å²) in [6.45, 7) is -3.07. The normalized spacial score (nSPS) is 10.4. The van der Waals surface area contributed by atoms with Gasteiger partial charge in [0.25, 0.3) is 5.69 Å². The van der Waals surface area contributed by atoms with Gasteiger partial charge in [0.05, 0.1) is 9.95 Å². The summed E-state index contributed by atoms with van der Waals surface area (Å²) >= 11 is 5.47. The highest BCUT2D eigenvalue weighted by Crippen LogP contribution is 2.34. The molecule has 0 saturated carbocycles. The lowest BCUT2D eigenvalue weighted by molar-refractivity contribution is -0.383. The number of anilines is 1. The van der Waals surface area contributed by atoms with Crippen LogP contribution in [0.15, 0.2) is 12.1 Å². The van der Waals surface area contributed by atoms with Gasteiger partial charge in [0.15, 0.2) is 0 Å². The van der Waals surface area contributed by atoms with Gasteiger partial charge in [0.2, 0.25) is 0 Å². The van der Waals surface area contributed by atoms with Crippen molar-refractivity contribution in [2.24, 2.45) is 0 Å². The van der Waals surface area contributed by atoms with Gasteiger partial charge < -0.3 is 10.5 Å². The van der Waals surface area contributed by atoms with Gasteiger partial charge in [-0.15, -0.1) is 0 Å². The summed E-state index contributed by atoms with van der Waals surface area (Å²) in [4.78, 5) is 9.61. The summed E-state index contributed by atoms with van der Waals surface area (Å²) in [7, 11) is 0. The molecule has 1 aromatic rings. The number of alkyl halides is 2. The maximum absolute atomic E-state index is 11.8. The SMILES string of the molecule is Nc1cc(OC(F)F)c(Cl)cc1[N+](=O)[O-]. The highest BCUT2D eigenvalue weighted by molar-refractivity contribution is 6.32. The van der Waals surface area contributed by atoms with E-state index < -0.39 is 23.0 Å². The smallest absolute Gasteiger partial charge is 0.387 e. The standard InChI is InChI=1S/C7H5ClF2N2O3/c8-3-1-5(12(13)14)4(11)2-6(3)15-7(9)10/h1-2,7H,11H2. The van der Waals surface area contributed by atoms with E-state index in [0.717, 1.165) is 12.1 Å². The topological polar surface area (TPSA) is 78.4 Å². The highest BCUT2D eigenvalue weighted by atomic mass is 35.5. The Morgan fingerprint density at radius 2 is 2.13 bits per heavy atom. The zero-order chi connectivity index (χ0) is 11.6. The second-order valence-corrected chi connectivity index (χ2v) is 2.88. The van der Waals surface area contributed by atoms with Gasteiger partial charge in [0, 0.05) is 12.1 Å². The van der Waals surface area contributed by atoms with Crippen molar-refractivity contribution in [2.45, 2.75) is 6.61 Å². The molecule has 0 heterocycles. The lowest BCUT2D eigenvalue weighted by Crippen LogP contribution is -2.04. The van der Waals surface area contributed by atoms with Crippen molar-refractivity contribution < 1.29 is 18.4 Å². The fraction of sp³-hybridized carbons (Fsp3) is 0.143. The van der Waals surface area contributed by atoms with Gasteiger partial charge in [-0.2, -0.15) is 8.78 Å². The molecule has 0 aliphatic carbocycles. The van der Waals surface area contributed by atoms with Crippen LogP contribution in [-0.2, 0) is 0 Å². The van der Waals surface area contributed by atoms with Crippen LogP contribution in [-0.4, -0.2) is 11.5 Å². The molecule has 0 radical (unpaired) electrons. The molecule has 82 valence electrons. The molecule has 0 saturated heterocycles. The van der Waals surface area contributed by atoms with Crippen molar-refractivity contribution in [1.29, 1.82) is 0 Å². The van der Waals surface area contributed by atoms with Crippen molar-refractivity contribution in [2.75, 3.05) is 5.73 Å². The molecule has 0 atom stereocenters. The first-order valence-electron chi connectivity index (χ1n) is 3.60. The van der Waals surface area contributed by atoms with Crippen molar-refractivity contribution >= 4 is 23.0 Å². The van der Waals surface area contributed by atoms with E-state index in [4.69, 9.17) is 17.3 Å². The predicted octanol–water partition coefficient (Wildman–Crippen LogP) is 2.43. The van der Waals surface area contributed by atoms with Crippen LogP contribution in [0.1, 0.15) is 0 Å². The zero-order valence-electron chi connectivity index (χ0n) is 7.12. The van der Waals surface area contributed by atoms with Crippen LogP contribution in [0.5, 0.6) is 5.75 Å². The molecule has 8 heteroatoms. The minimum atomic E-state index is -3.07. The molecule has 0 aromatic heterocycles. The molecular formula is C7H5ClF2N2O3. The number of rotatable bonds is 3. The van der Waals surface area contributed by atoms with E-state index in [-0.39, 0.29) is 10.7 Å². The van der Waals surface area contributed by atoms with Crippen molar-refractivity contribution in [3.8, 4) is 5.75 Å². The van der Waals surface area contributed by atoms with Crippen LogP contribution < -0.4 is 10.5 Å². The molecule has 0 aliphatic heterocycles. The largest absolute Gasteiger partial charge is 0.433 e. The van der Waals surface area contributed by atoms with E-state index in [0.29, 0.717) is 0 Å². The van der Waals surface area contributed by atoms with E-state index in [1.807, 2.05) is 0 Å². The lowest BCUT2D eigenvalue weighted by Gasteiger charge is -2.07. The highest BCUT2D eigenvalue weighted by Gasteiger charge is 2.17. The van der Waals surface area contributed by atoms with Crippen molar-refractivity contribution in [3.05, 3.63) is 27.3 Å². The Labute approximate surface area is 87.5 Å². The van der Waals surface area contributed by atoms with Crippen LogP contribution >= 0.6 is 11.6 Å². The van der Waals surface area contributed by atoms with Crippen LogP contribution in [0.4, 0.5) is 20.2 Å². The van der Waals surface area contributed by atoms with E-state index in [2.05, 4.69) is 4.74 Å². The number of hydrogen-bond acceptors (Lipinski definition) is 4. The molecule has 0 bridgehead atoms. The van der Waals surface area contributed by atoms with Crippen LogP contribution in [0, 0.1) is 10.1 Å². The number of benzene rings is 1. The Kier molecular flexibility index (Phi) is 3.25. The fourth-order valence-corrected chi connectivity index (χ4v) is 1.11. The van der Waals surface area contributed by atoms with E-state index >= 15 is 0 Å². The molecule has 0 amide bonds. The molecule has 2 N–H and O–H groups in total. The Balaban J connectivity index is 3.13. The molecule has 0 unspecified atom stereocenters. The predicted molar refractivity (Wildman–Crippen MR) is 49.2 cm³/mol. The number of halogens is 3. The van der Waals surface area contributed by atoms with Gasteiger partial charge in [0.1, 0.15) is 11.4 Å². The number of nitrogen functional groups attached to an aromatic ring is 1. The average Bonchev–Trinajstić information content (AvgIpc) is 2.09.